The highest BCUT2D eigenvalue weighted by Gasteiger charge is 2.30. The Kier molecular flexibility index (Phi) is 5.70. The molecule has 1 heterocycles. The van der Waals surface area contributed by atoms with Crippen LogP contribution in [0.25, 0.3) is 21.7 Å². The lowest BCUT2D eigenvalue weighted by Gasteiger charge is -2.06. The van der Waals surface area contributed by atoms with Gasteiger partial charge in [-0.1, -0.05) is 66.7 Å². The molecule has 0 fully saturated rings. The summed E-state index contributed by atoms with van der Waals surface area (Å²) in [5, 5.41) is 10.3. The molecule has 1 N–H and O–H groups in total. The van der Waals surface area contributed by atoms with E-state index in [1.807, 2.05) is 42.5 Å². The molecule has 0 aliphatic rings. The van der Waals surface area contributed by atoms with Crippen LogP contribution in [-0.2, 0) is 19.2 Å². The van der Waals surface area contributed by atoms with Crippen LogP contribution >= 0.6 is 11.3 Å². The summed E-state index contributed by atoms with van der Waals surface area (Å²) in [7, 11) is 0. The zero-order valence-electron chi connectivity index (χ0n) is 15.9. The molecule has 3 aromatic carbocycles. The molecule has 6 heteroatoms. The van der Waals surface area contributed by atoms with Gasteiger partial charge in [0.2, 0.25) is 0 Å². The van der Waals surface area contributed by atoms with Gasteiger partial charge < -0.3 is 5.11 Å². The summed E-state index contributed by atoms with van der Waals surface area (Å²) in [6.07, 6.45) is -3.82. The maximum atomic E-state index is 12.8. The van der Waals surface area contributed by atoms with Crippen LogP contribution in [0.1, 0.15) is 21.7 Å². The number of alkyl halides is 3. The summed E-state index contributed by atoms with van der Waals surface area (Å²) in [6, 6.07) is 23.2. The highest BCUT2D eigenvalue weighted by Crippen LogP contribution is 2.33. The second kappa shape index (κ2) is 8.42. The van der Waals surface area contributed by atoms with E-state index in [1.165, 1.54) is 23.5 Å². The fourth-order valence-corrected chi connectivity index (χ4v) is 4.15. The Balaban J connectivity index is 1.56. The van der Waals surface area contributed by atoms with Crippen molar-refractivity contribution in [3.63, 3.8) is 0 Å². The standard InChI is InChI=1S/C24H18F3NOS/c25-24(26,27)20-12-10-19(11-13-20)23-28-21(22(15-29)30-23)14-16-6-8-18(9-7-16)17-4-2-1-3-5-17/h1-13,29H,14-15H2. The number of aliphatic hydroxyl groups excluding tert-OH is 1. The average molecular weight is 425 g/mol. The minimum Gasteiger partial charge on any atom is -0.391 e. The van der Waals surface area contributed by atoms with Gasteiger partial charge in [-0.25, -0.2) is 4.98 Å². The van der Waals surface area contributed by atoms with E-state index in [9.17, 15) is 18.3 Å². The summed E-state index contributed by atoms with van der Waals surface area (Å²) in [4.78, 5) is 5.32. The molecule has 0 aliphatic carbocycles. The Morgan fingerprint density at radius 2 is 1.37 bits per heavy atom. The molecule has 0 unspecified atom stereocenters. The van der Waals surface area contributed by atoms with Crippen LogP contribution in [0.15, 0.2) is 78.9 Å². The Hall–Kier alpha value is -2.96. The Bertz CT molecular complexity index is 1120. The van der Waals surface area contributed by atoms with E-state index in [2.05, 4.69) is 17.1 Å². The van der Waals surface area contributed by atoms with Gasteiger partial charge in [0.05, 0.1) is 22.7 Å². The van der Waals surface area contributed by atoms with Crippen molar-refractivity contribution >= 4 is 11.3 Å². The summed E-state index contributed by atoms with van der Waals surface area (Å²) >= 11 is 1.30. The normalized spacial score (nSPS) is 11.6. The van der Waals surface area contributed by atoms with E-state index in [1.54, 1.807) is 0 Å². The average Bonchev–Trinajstić information content (AvgIpc) is 3.17. The van der Waals surface area contributed by atoms with Crippen molar-refractivity contribution in [1.29, 1.82) is 0 Å². The number of hydrogen-bond acceptors (Lipinski definition) is 3. The molecule has 30 heavy (non-hydrogen) atoms. The summed E-state index contributed by atoms with van der Waals surface area (Å²) in [5.74, 6) is 0. The monoisotopic (exact) mass is 425 g/mol. The van der Waals surface area contributed by atoms with Crippen LogP contribution in [0.3, 0.4) is 0 Å². The largest absolute Gasteiger partial charge is 0.416 e. The Morgan fingerprint density at radius 3 is 1.97 bits per heavy atom. The molecule has 0 amide bonds. The molecule has 0 spiro atoms. The second-order valence-electron chi connectivity index (χ2n) is 6.86. The molecule has 2 nitrogen and oxygen atoms in total. The van der Waals surface area contributed by atoms with Gasteiger partial charge in [-0.15, -0.1) is 11.3 Å². The van der Waals surface area contributed by atoms with Gasteiger partial charge in [0.1, 0.15) is 5.01 Å². The second-order valence-corrected chi connectivity index (χ2v) is 7.95. The van der Waals surface area contributed by atoms with Gasteiger partial charge in [-0.3, -0.25) is 0 Å². The first-order valence-corrected chi connectivity index (χ1v) is 10.2. The number of aliphatic hydroxyl groups is 1. The van der Waals surface area contributed by atoms with Crippen LogP contribution in [0, 0.1) is 0 Å². The van der Waals surface area contributed by atoms with E-state index in [4.69, 9.17) is 0 Å². The van der Waals surface area contributed by atoms with E-state index in [0.717, 1.165) is 39.4 Å². The molecule has 4 aromatic rings. The Labute approximate surface area is 176 Å². The molecule has 0 radical (unpaired) electrons. The quantitative estimate of drug-likeness (QED) is 0.392. The number of halogens is 3. The molecule has 4 rings (SSSR count). The zero-order valence-corrected chi connectivity index (χ0v) is 16.7. The Morgan fingerprint density at radius 1 is 0.767 bits per heavy atom. The molecular formula is C24H18F3NOS. The predicted octanol–water partition coefficient (Wildman–Crippen LogP) is 6.58. The van der Waals surface area contributed by atoms with Crippen molar-refractivity contribution in [2.75, 3.05) is 0 Å². The minimum atomic E-state index is -4.37. The number of aromatic nitrogens is 1. The van der Waals surface area contributed by atoms with E-state index >= 15 is 0 Å². The fourth-order valence-electron chi connectivity index (χ4n) is 3.21. The molecule has 0 bridgehead atoms. The number of hydrogen-bond donors (Lipinski definition) is 1. The molecule has 0 saturated heterocycles. The van der Waals surface area contributed by atoms with Crippen molar-refractivity contribution in [3.05, 3.63) is 101 Å². The number of benzene rings is 3. The van der Waals surface area contributed by atoms with Crippen LogP contribution in [0.5, 0.6) is 0 Å². The van der Waals surface area contributed by atoms with Crippen LogP contribution in [0.4, 0.5) is 13.2 Å². The SMILES string of the molecule is OCc1sc(-c2ccc(C(F)(F)F)cc2)nc1Cc1ccc(-c2ccccc2)cc1. The third-order valence-electron chi connectivity index (χ3n) is 4.81. The molecule has 152 valence electrons. The van der Waals surface area contributed by atoms with Crippen molar-refractivity contribution in [2.45, 2.75) is 19.2 Å². The maximum absolute atomic E-state index is 12.8. The summed E-state index contributed by atoms with van der Waals surface area (Å²) in [6.45, 7) is -0.157. The molecule has 1 aromatic heterocycles. The zero-order chi connectivity index (χ0) is 21.1. The third kappa shape index (κ3) is 4.45. The highest BCUT2D eigenvalue weighted by molar-refractivity contribution is 7.15. The summed E-state index contributed by atoms with van der Waals surface area (Å²) in [5.41, 5.74) is 3.96. The van der Waals surface area contributed by atoms with Gasteiger partial charge in [-0.2, -0.15) is 13.2 Å². The van der Waals surface area contributed by atoms with Gasteiger partial charge in [0, 0.05) is 12.0 Å². The summed E-state index contributed by atoms with van der Waals surface area (Å²) < 4.78 is 38.3. The first kappa shape index (κ1) is 20.3. The van der Waals surface area contributed by atoms with Crippen molar-refractivity contribution in [3.8, 4) is 21.7 Å². The molecular weight excluding hydrogens is 407 g/mol. The number of nitrogens with zero attached hydrogens (tertiary/aromatic N) is 1. The van der Waals surface area contributed by atoms with Crippen molar-refractivity contribution in [1.82, 2.24) is 4.98 Å². The first-order chi connectivity index (χ1) is 14.4. The van der Waals surface area contributed by atoms with Crippen LogP contribution in [0.2, 0.25) is 0 Å². The highest BCUT2D eigenvalue weighted by atomic mass is 32.1. The fraction of sp³-hybridized carbons (Fsp3) is 0.125. The van der Waals surface area contributed by atoms with Gasteiger partial charge in [0.25, 0.3) is 0 Å². The lowest BCUT2D eigenvalue weighted by molar-refractivity contribution is -0.137. The van der Waals surface area contributed by atoms with Crippen molar-refractivity contribution < 1.29 is 18.3 Å². The van der Waals surface area contributed by atoms with E-state index in [0.29, 0.717) is 17.0 Å². The first-order valence-electron chi connectivity index (χ1n) is 9.35. The topological polar surface area (TPSA) is 33.1 Å². The molecule has 0 saturated carbocycles. The third-order valence-corrected chi connectivity index (χ3v) is 5.95. The molecule has 0 aliphatic heterocycles. The minimum absolute atomic E-state index is 0.157. The van der Waals surface area contributed by atoms with Gasteiger partial charge in [-0.05, 0) is 28.8 Å². The number of rotatable bonds is 5. The van der Waals surface area contributed by atoms with Crippen LogP contribution < -0.4 is 0 Å². The van der Waals surface area contributed by atoms with Gasteiger partial charge in [0.15, 0.2) is 0 Å². The lowest BCUT2D eigenvalue weighted by Crippen LogP contribution is -2.03. The smallest absolute Gasteiger partial charge is 0.391 e. The lowest BCUT2D eigenvalue weighted by atomic mass is 10.0. The number of thiazole rings is 1. The van der Waals surface area contributed by atoms with Crippen LogP contribution in [-0.4, -0.2) is 10.1 Å². The van der Waals surface area contributed by atoms with Gasteiger partial charge >= 0.3 is 6.18 Å². The predicted molar refractivity (Wildman–Crippen MR) is 113 cm³/mol. The van der Waals surface area contributed by atoms with Crippen molar-refractivity contribution in [2.24, 2.45) is 0 Å². The van der Waals surface area contributed by atoms with E-state index < -0.39 is 11.7 Å². The van der Waals surface area contributed by atoms with E-state index in [-0.39, 0.29) is 6.61 Å². The maximum Gasteiger partial charge on any atom is 0.416 e. The molecule has 0 atom stereocenters.